The third-order valence-electron chi connectivity index (χ3n) is 3.82. The fourth-order valence-electron chi connectivity index (χ4n) is 2.79. The largest absolute Gasteiger partial charge is 0.385 e. The quantitative estimate of drug-likeness (QED) is 0.758. The van der Waals surface area contributed by atoms with Crippen molar-refractivity contribution in [1.29, 1.82) is 0 Å². The second-order valence-electron chi connectivity index (χ2n) is 5.28. The van der Waals surface area contributed by atoms with Crippen LogP contribution in [0.2, 0.25) is 0 Å². The predicted octanol–water partition coefficient (Wildman–Crippen LogP) is 3.32. The van der Waals surface area contributed by atoms with Crippen molar-refractivity contribution in [3.05, 3.63) is 22.4 Å². The Morgan fingerprint density at radius 1 is 1.50 bits per heavy atom. The molecule has 0 saturated heterocycles. The lowest BCUT2D eigenvalue weighted by atomic mass is 9.97. The first-order chi connectivity index (χ1) is 9.81. The van der Waals surface area contributed by atoms with E-state index in [1.165, 1.54) is 30.6 Å². The van der Waals surface area contributed by atoms with Gasteiger partial charge in [-0.15, -0.1) is 11.3 Å². The number of amides is 2. The van der Waals surface area contributed by atoms with Crippen LogP contribution in [0, 0.1) is 5.92 Å². The third kappa shape index (κ3) is 4.49. The van der Waals surface area contributed by atoms with Gasteiger partial charge in [0, 0.05) is 25.1 Å². The Bertz CT molecular complexity index is 389. The minimum atomic E-state index is -0.0635. The number of carbonyl (C=O) groups excluding carboxylic acids is 1. The average Bonchev–Trinajstić information content (AvgIpc) is 3.13. The summed E-state index contributed by atoms with van der Waals surface area (Å²) in [6, 6.07) is 4.28. The van der Waals surface area contributed by atoms with E-state index < -0.39 is 0 Å². The van der Waals surface area contributed by atoms with Crippen LogP contribution in [0.3, 0.4) is 0 Å². The van der Waals surface area contributed by atoms with Crippen molar-refractivity contribution in [1.82, 2.24) is 10.6 Å². The molecule has 1 aromatic heterocycles. The Balaban J connectivity index is 1.86. The molecule has 0 aromatic carbocycles. The molecule has 5 heteroatoms. The Hall–Kier alpha value is -1.07. The van der Waals surface area contributed by atoms with Crippen molar-refractivity contribution in [3.8, 4) is 0 Å². The molecule has 20 heavy (non-hydrogen) atoms. The highest BCUT2D eigenvalue weighted by Gasteiger charge is 2.28. The second-order valence-corrected chi connectivity index (χ2v) is 6.26. The summed E-state index contributed by atoms with van der Waals surface area (Å²) < 4.78 is 4.97. The first-order valence-electron chi connectivity index (χ1n) is 7.38. The topological polar surface area (TPSA) is 50.4 Å². The van der Waals surface area contributed by atoms with Crippen molar-refractivity contribution in [2.24, 2.45) is 5.92 Å². The molecule has 0 radical (unpaired) electrons. The van der Waals surface area contributed by atoms with E-state index in [2.05, 4.69) is 28.1 Å². The van der Waals surface area contributed by atoms with Crippen molar-refractivity contribution in [2.75, 3.05) is 20.3 Å². The highest BCUT2D eigenvalue weighted by atomic mass is 32.1. The van der Waals surface area contributed by atoms with Gasteiger partial charge < -0.3 is 15.4 Å². The van der Waals surface area contributed by atoms with E-state index in [9.17, 15) is 4.79 Å². The average molecular weight is 296 g/mol. The zero-order valence-corrected chi connectivity index (χ0v) is 12.9. The summed E-state index contributed by atoms with van der Waals surface area (Å²) in [5, 5.41) is 8.14. The van der Waals surface area contributed by atoms with Gasteiger partial charge in [0.15, 0.2) is 0 Å². The summed E-state index contributed by atoms with van der Waals surface area (Å²) >= 11 is 1.73. The molecule has 1 aliphatic carbocycles. The lowest BCUT2D eigenvalue weighted by Gasteiger charge is -2.24. The van der Waals surface area contributed by atoms with E-state index >= 15 is 0 Å². The fraction of sp³-hybridized carbons (Fsp3) is 0.667. The zero-order chi connectivity index (χ0) is 14.2. The molecule has 1 saturated carbocycles. The molecule has 112 valence electrons. The molecule has 1 aliphatic rings. The van der Waals surface area contributed by atoms with Gasteiger partial charge in [-0.05, 0) is 36.6 Å². The first-order valence-corrected chi connectivity index (χ1v) is 8.26. The van der Waals surface area contributed by atoms with Gasteiger partial charge in [-0.25, -0.2) is 4.79 Å². The van der Waals surface area contributed by atoms with Crippen molar-refractivity contribution >= 4 is 17.4 Å². The molecular formula is C15H24N2O2S. The number of thiophene rings is 1. The minimum absolute atomic E-state index is 0.0635. The van der Waals surface area contributed by atoms with Crippen LogP contribution in [0.5, 0.6) is 0 Å². The molecule has 1 fully saturated rings. The normalized spacial score (nSPS) is 17.1. The maximum atomic E-state index is 12.0. The molecule has 1 atom stereocenters. The van der Waals surface area contributed by atoms with E-state index in [0.29, 0.717) is 19.1 Å². The third-order valence-corrected chi connectivity index (χ3v) is 4.77. The molecule has 4 nitrogen and oxygen atoms in total. The van der Waals surface area contributed by atoms with E-state index in [-0.39, 0.29) is 12.1 Å². The van der Waals surface area contributed by atoms with Crippen LogP contribution in [0.1, 0.15) is 43.0 Å². The molecular weight excluding hydrogens is 272 g/mol. The molecule has 0 spiro atoms. The summed E-state index contributed by atoms with van der Waals surface area (Å²) in [4.78, 5) is 13.3. The van der Waals surface area contributed by atoms with Crippen LogP contribution >= 0.6 is 11.3 Å². The Kier molecular flexibility index (Phi) is 6.33. The van der Waals surface area contributed by atoms with Gasteiger partial charge in [-0.2, -0.15) is 0 Å². The van der Waals surface area contributed by atoms with Crippen LogP contribution in [0.4, 0.5) is 4.79 Å². The Morgan fingerprint density at radius 3 is 2.95 bits per heavy atom. The molecule has 2 N–H and O–H groups in total. The van der Waals surface area contributed by atoms with Crippen LogP contribution in [0.15, 0.2) is 17.5 Å². The van der Waals surface area contributed by atoms with Crippen LogP contribution in [0.25, 0.3) is 0 Å². The summed E-state index contributed by atoms with van der Waals surface area (Å²) in [5.41, 5.74) is 0. The molecule has 2 rings (SSSR count). The number of hydrogen-bond acceptors (Lipinski definition) is 3. The number of rotatable bonds is 7. The number of ether oxygens (including phenoxy) is 1. The maximum Gasteiger partial charge on any atom is 0.315 e. The summed E-state index contributed by atoms with van der Waals surface area (Å²) in [7, 11) is 1.67. The van der Waals surface area contributed by atoms with Gasteiger partial charge in [0.25, 0.3) is 0 Å². The summed E-state index contributed by atoms with van der Waals surface area (Å²) in [5.74, 6) is 0.582. The second kappa shape index (κ2) is 8.27. The minimum Gasteiger partial charge on any atom is -0.385 e. The smallest absolute Gasteiger partial charge is 0.315 e. The number of hydrogen-bond donors (Lipinski definition) is 2. The Morgan fingerprint density at radius 2 is 2.30 bits per heavy atom. The van der Waals surface area contributed by atoms with Crippen molar-refractivity contribution in [3.63, 3.8) is 0 Å². The highest BCUT2D eigenvalue weighted by molar-refractivity contribution is 7.10. The highest BCUT2D eigenvalue weighted by Crippen LogP contribution is 2.37. The predicted molar refractivity (Wildman–Crippen MR) is 82.0 cm³/mol. The van der Waals surface area contributed by atoms with Crippen LogP contribution < -0.4 is 10.6 Å². The standard InChI is InChI=1S/C15H24N2O2S/c1-19-10-5-9-16-15(18)17-14(12-6-2-3-7-12)13-8-4-11-20-13/h4,8,11-12,14H,2-3,5-7,9-10H2,1H3,(H2,16,17,18). The zero-order valence-electron chi connectivity index (χ0n) is 12.1. The van der Waals surface area contributed by atoms with Crippen molar-refractivity contribution < 1.29 is 9.53 Å². The van der Waals surface area contributed by atoms with Gasteiger partial charge in [-0.3, -0.25) is 0 Å². The Labute approximate surface area is 124 Å². The number of carbonyl (C=O) groups is 1. The summed E-state index contributed by atoms with van der Waals surface area (Å²) in [6.07, 6.45) is 5.84. The molecule has 1 heterocycles. The molecule has 1 aromatic rings. The number of nitrogens with one attached hydrogen (secondary N) is 2. The van der Waals surface area contributed by atoms with E-state index in [1.807, 2.05) is 0 Å². The molecule has 2 amide bonds. The SMILES string of the molecule is COCCCNC(=O)NC(c1cccs1)C1CCCC1. The summed E-state index contributed by atoms with van der Waals surface area (Å²) in [6.45, 7) is 1.33. The van der Waals surface area contributed by atoms with Gasteiger partial charge in [0.2, 0.25) is 0 Å². The molecule has 0 aliphatic heterocycles. The first kappa shape index (κ1) is 15.3. The van der Waals surface area contributed by atoms with Gasteiger partial charge in [0.1, 0.15) is 0 Å². The monoisotopic (exact) mass is 296 g/mol. The van der Waals surface area contributed by atoms with Gasteiger partial charge >= 0.3 is 6.03 Å². The number of urea groups is 1. The van der Waals surface area contributed by atoms with E-state index in [0.717, 1.165) is 6.42 Å². The number of methoxy groups -OCH3 is 1. The van der Waals surface area contributed by atoms with Crippen LogP contribution in [-0.2, 0) is 4.74 Å². The fourth-order valence-corrected chi connectivity index (χ4v) is 3.66. The molecule has 1 unspecified atom stereocenters. The lowest BCUT2D eigenvalue weighted by Crippen LogP contribution is -2.40. The maximum absolute atomic E-state index is 12.0. The van der Waals surface area contributed by atoms with E-state index in [1.54, 1.807) is 18.4 Å². The van der Waals surface area contributed by atoms with E-state index in [4.69, 9.17) is 4.74 Å². The van der Waals surface area contributed by atoms with Crippen molar-refractivity contribution in [2.45, 2.75) is 38.1 Å². The van der Waals surface area contributed by atoms with Crippen LogP contribution in [-0.4, -0.2) is 26.3 Å². The van der Waals surface area contributed by atoms with Gasteiger partial charge in [-0.1, -0.05) is 18.9 Å². The van der Waals surface area contributed by atoms with Gasteiger partial charge in [0.05, 0.1) is 6.04 Å². The molecule has 0 bridgehead atoms. The lowest BCUT2D eigenvalue weighted by molar-refractivity contribution is 0.193.